The average molecular weight is 743 g/mol. The van der Waals surface area contributed by atoms with Crippen molar-refractivity contribution in [3.05, 3.63) is 53.4 Å². The fourth-order valence-electron chi connectivity index (χ4n) is 7.86. The summed E-state index contributed by atoms with van der Waals surface area (Å²) >= 11 is 6.61. The molecule has 272 valence electrons. The molecule has 2 aromatic heterocycles. The highest BCUT2D eigenvalue weighted by atomic mass is 35.5. The van der Waals surface area contributed by atoms with Gasteiger partial charge >= 0.3 is 13.6 Å². The summed E-state index contributed by atoms with van der Waals surface area (Å²) in [5.41, 5.74) is 0.230. The van der Waals surface area contributed by atoms with Crippen LogP contribution in [0.2, 0.25) is 5.02 Å². The number of fused-ring (bicyclic) bond motifs is 3. The zero-order valence-electron chi connectivity index (χ0n) is 29.0. The highest BCUT2D eigenvalue weighted by Crippen LogP contribution is 2.48. The molecule has 2 atom stereocenters. The van der Waals surface area contributed by atoms with Crippen molar-refractivity contribution in [2.24, 2.45) is 5.92 Å². The molecule has 0 aliphatic carbocycles. The number of amides is 1. The third-order valence-electron chi connectivity index (χ3n) is 10.2. The predicted molar refractivity (Wildman–Crippen MR) is 193 cm³/mol. The van der Waals surface area contributed by atoms with Crippen LogP contribution < -0.4 is 9.64 Å². The van der Waals surface area contributed by atoms with Crippen molar-refractivity contribution >= 4 is 52.6 Å². The van der Waals surface area contributed by atoms with Crippen LogP contribution >= 0.6 is 19.2 Å². The number of ether oxygens (including phenoxy) is 1. The van der Waals surface area contributed by atoms with Gasteiger partial charge in [-0.15, -0.1) is 0 Å². The molecular formula is C36H42ClF2N6O5P. The Bertz CT molecular complexity index is 1990. The number of hydrogen-bond donors (Lipinski definition) is 0. The monoisotopic (exact) mass is 742 g/mol. The van der Waals surface area contributed by atoms with Gasteiger partial charge in [-0.05, 0) is 44.7 Å². The molecule has 0 radical (unpaired) electrons. The minimum Gasteiger partial charge on any atom is -0.461 e. The topological polar surface area (TPSA) is 110 Å². The van der Waals surface area contributed by atoms with E-state index in [1.54, 1.807) is 37.1 Å². The second kappa shape index (κ2) is 14.5. The maximum atomic E-state index is 16.8. The third kappa shape index (κ3) is 7.03. The lowest BCUT2D eigenvalue weighted by Crippen LogP contribution is -2.54. The van der Waals surface area contributed by atoms with E-state index in [2.05, 4.69) is 14.9 Å². The number of nitrogens with zero attached hydrogens (tertiary/aromatic N) is 6. The van der Waals surface area contributed by atoms with Crippen molar-refractivity contribution in [2.75, 3.05) is 70.7 Å². The van der Waals surface area contributed by atoms with Crippen molar-refractivity contribution in [1.82, 2.24) is 24.8 Å². The minimum absolute atomic E-state index is 0.00657. The molecule has 15 heteroatoms. The van der Waals surface area contributed by atoms with E-state index in [0.29, 0.717) is 59.8 Å². The molecule has 4 aromatic rings. The van der Waals surface area contributed by atoms with E-state index >= 15 is 4.39 Å². The zero-order chi connectivity index (χ0) is 35.9. The van der Waals surface area contributed by atoms with Gasteiger partial charge in [-0.2, -0.15) is 9.97 Å². The SMILES string of the molecule is CCOP(=O)(CC(=O)N1CC(CN(C)c2nc(OC[C@@]34CCCN3C[C@H](F)C4)nc3c(F)c(-c4cccc5cccc(Cl)c45)ncc23)C1)OCC. The number of anilines is 1. The summed E-state index contributed by atoms with van der Waals surface area (Å²) in [7, 11) is -1.68. The van der Waals surface area contributed by atoms with Gasteiger partial charge in [0.05, 0.1) is 24.1 Å². The summed E-state index contributed by atoms with van der Waals surface area (Å²) in [5, 5.41) is 2.40. The Morgan fingerprint density at radius 3 is 2.61 bits per heavy atom. The molecule has 51 heavy (non-hydrogen) atoms. The molecule has 11 nitrogen and oxygen atoms in total. The number of carbonyl (C=O) groups excluding carboxylic acids is 1. The second-order valence-corrected chi connectivity index (χ2v) is 16.1. The van der Waals surface area contributed by atoms with E-state index in [-0.39, 0.29) is 55.0 Å². The van der Waals surface area contributed by atoms with Crippen molar-refractivity contribution in [3.63, 3.8) is 0 Å². The molecule has 0 unspecified atom stereocenters. The van der Waals surface area contributed by atoms with Gasteiger partial charge in [0.15, 0.2) is 5.82 Å². The van der Waals surface area contributed by atoms with Gasteiger partial charge in [0.2, 0.25) is 5.91 Å². The number of rotatable bonds is 13. The number of halogens is 3. The standard InChI is InChI=1S/C36H42ClF2N6O5P/c1-4-49-51(47,50-5-2)21-29(46)44-18-23(19-44)17-43(3)34-27-16-40-32(26-11-6-9-24-10-7-12-28(37)30(24)26)31(39)33(27)41-35(42-34)48-22-36-13-8-14-45(36)20-25(38)15-36/h6-7,9-12,16,23,25H,4-5,8,13-15,17-22H2,1-3H3/t25-,36+/m1/s1. The van der Waals surface area contributed by atoms with Crippen LogP contribution in [0.5, 0.6) is 6.01 Å². The van der Waals surface area contributed by atoms with E-state index in [0.717, 1.165) is 24.8 Å². The molecule has 5 heterocycles. The van der Waals surface area contributed by atoms with E-state index in [1.165, 1.54) is 0 Å². The number of alkyl halides is 1. The van der Waals surface area contributed by atoms with Gasteiger partial charge in [-0.25, -0.2) is 8.78 Å². The van der Waals surface area contributed by atoms with Crippen LogP contribution in [0.1, 0.15) is 33.1 Å². The first-order chi connectivity index (χ1) is 24.5. The molecule has 1 amide bonds. The molecule has 3 saturated heterocycles. The van der Waals surface area contributed by atoms with Gasteiger partial charge in [0, 0.05) is 67.7 Å². The first kappa shape index (κ1) is 35.9. The van der Waals surface area contributed by atoms with E-state index < -0.39 is 25.1 Å². The Hall–Kier alpha value is -3.48. The van der Waals surface area contributed by atoms with Gasteiger partial charge in [0.1, 0.15) is 36.0 Å². The molecule has 0 saturated carbocycles. The van der Waals surface area contributed by atoms with E-state index in [4.69, 9.17) is 30.4 Å². The summed E-state index contributed by atoms with van der Waals surface area (Å²) in [6, 6.07) is 11.0. The molecule has 2 aromatic carbocycles. The Morgan fingerprint density at radius 2 is 1.86 bits per heavy atom. The lowest BCUT2D eigenvalue weighted by atomic mass is 9.95. The van der Waals surface area contributed by atoms with E-state index in [1.807, 2.05) is 36.2 Å². The van der Waals surface area contributed by atoms with Crippen LogP contribution in [0.4, 0.5) is 14.6 Å². The minimum atomic E-state index is -3.52. The number of pyridine rings is 1. The molecular weight excluding hydrogens is 701 g/mol. The number of benzene rings is 2. The molecule has 0 spiro atoms. The summed E-state index contributed by atoms with van der Waals surface area (Å²) in [4.78, 5) is 32.5. The van der Waals surface area contributed by atoms with Crippen LogP contribution in [-0.2, 0) is 18.4 Å². The summed E-state index contributed by atoms with van der Waals surface area (Å²) in [5.74, 6) is -0.452. The van der Waals surface area contributed by atoms with Crippen molar-refractivity contribution in [3.8, 4) is 17.3 Å². The van der Waals surface area contributed by atoms with Gasteiger partial charge in [-0.3, -0.25) is 19.2 Å². The summed E-state index contributed by atoms with van der Waals surface area (Å²) < 4.78 is 61.0. The molecule has 0 N–H and O–H groups in total. The number of carbonyl (C=O) groups is 1. The zero-order valence-corrected chi connectivity index (χ0v) is 30.6. The summed E-state index contributed by atoms with van der Waals surface area (Å²) in [6.07, 6.45) is 2.46. The Morgan fingerprint density at radius 1 is 1.12 bits per heavy atom. The highest BCUT2D eigenvalue weighted by Gasteiger charge is 2.49. The van der Waals surface area contributed by atoms with Crippen LogP contribution in [0.15, 0.2) is 42.6 Å². The van der Waals surface area contributed by atoms with Crippen molar-refractivity contribution < 1.29 is 31.9 Å². The van der Waals surface area contributed by atoms with Crippen molar-refractivity contribution in [2.45, 2.75) is 44.8 Å². The molecule has 3 fully saturated rings. The first-order valence-electron chi connectivity index (χ1n) is 17.5. The number of hydrogen-bond acceptors (Lipinski definition) is 10. The lowest BCUT2D eigenvalue weighted by molar-refractivity contribution is -0.134. The van der Waals surface area contributed by atoms with Gasteiger partial charge < -0.3 is 23.6 Å². The fourth-order valence-corrected chi connectivity index (χ4v) is 9.71. The second-order valence-electron chi connectivity index (χ2n) is 13.7. The van der Waals surface area contributed by atoms with Crippen LogP contribution in [-0.4, -0.2) is 108 Å². The molecule has 0 bridgehead atoms. The van der Waals surface area contributed by atoms with E-state index in [9.17, 15) is 13.8 Å². The van der Waals surface area contributed by atoms with Crippen LogP contribution in [0.25, 0.3) is 32.9 Å². The molecule has 7 rings (SSSR count). The number of aromatic nitrogens is 3. The van der Waals surface area contributed by atoms with Gasteiger partial charge in [0.25, 0.3) is 0 Å². The Labute approximate surface area is 300 Å². The third-order valence-corrected chi connectivity index (χ3v) is 12.4. The Balaban J connectivity index is 1.18. The maximum absolute atomic E-state index is 16.8. The smallest absolute Gasteiger partial charge is 0.340 e. The lowest BCUT2D eigenvalue weighted by Gasteiger charge is -2.41. The quantitative estimate of drug-likeness (QED) is 0.137. The van der Waals surface area contributed by atoms with Gasteiger partial charge in [-0.1, -0.05) is 41.9 Å². The first-order valence-corrected chi connectivity index (χ1v) is 19.6. The van der Waals surface area contributed by atoms with Crippen LogP contribution in [0, 0.1) is 11.7 Å². The van der Waals surface area contributed by atoms with Crippen molar-refractivity contribution in [1.29, 1.82) is 0 Å². The number of likely N-dealkylation sites (tertiary alicyclic amines) is 1. The summed E-state index contributed by atoms with van der Waals surface area (Å²) in [6.45, 7) is 6.50. The molecule has 3 aliphatic heterocycles. The normalized spacial score (nSPS) is 21.0. The Kier molecular flexibility index (Phi) is 10.2. The maximum Gasteiger partial charge on any atom is 0.340 e. The predicted octanol–water partition coefficient (Wildman–Crippen LogP) is 6.75. The largest absolute Gasteiger partial charge is 0.461 e. The van der Waals surface area contributed by atoms with Crippen LogP contribution in [0.3, 0.4) is 0 Å². The highest BCUT2D eigenvalue weighted by molar-refractivity contribution is 7.54. The average Bonchev–Trinajstić information content (AvgIpc) is 3.60. The fraction of sp³-hybridized carbons (Fsp3) is 0.500. The molecule has 3 aliphatic rings.